The molecular weight excluding hydrogens is 358 g/mol. The molecule has 1 N–H and O–H groups in total. The molecule has 1 atom stereocenters. The van der Waals surface area contributed by atoms with Crippen molar-refractivity contribution in [2.45, 2.75) is 25.2 Å². The summed E-state index contributed by atoms with van der Waals surface area (Å²) in [5.41, 5.74) is 1.87. The lowest BCUT2D eigenvalue weighted by Crippen LogP contribution is -2.19. The SMILES string of the molecule is O=C(CC(c1ccc2c(c1)OCCO2)C1CC1)Nc1ccc2c(c1)OCCO2. The highest BCUT2D eigenvalue weighted by molar-refractivity contribution is 5.91. The van der Waals surface area contributed by atoms with Gasteiger partial charge in [0.1, 0.15) is 26.4 Å². The molecule has 0 saturated heterocycles. The van der Waals surface area contributed by atoms with Gasteiger partial charge < -0.3 is 24.3 Å². The van der Waals surface area contributed by atoms with Crippen LogP contribution >= 0.6 is 0 Å². The first-order valence-corrected chi connectivity index (χ1v) is 9.85. The zero-order valence-corrected chi connectivity index (χ0v) is 15.6. The van der Waals surface area contributed by atoms with Gasteiger partial charge in [-0.25, -0.2) is 0 Å². The number of hydrogen-bond donors (Lipinski definition) is 1. The summed E-state index contributed by atoms with van der Waals surface area (Å²) in [6, 6.07) is 11.6. The molecule has 0 aromatic heterocycles. The Bertz CT molecular complexity index is 892. The summed E-state index contributed by atoms with van der Waals surface area (Å²) in [5, 5.41) is 3.01. The number of carbonyl (C=O) groups is 1. The van der Waals surface area contributed by atoms with E-state index in [1.807, 2.05) is 30.3 Å². The predicted octanol–water partition coefficient (Wildman–Crippen LogP) is 3.75. The summed E-state index contributed by atoms with van der Waals surface area (Å²) < 4.78 is 22.5. The van der Waals surface area contributed by atoms with Gasteiger partial charge in [0, 0.05) is 18.2 Å². The lowest BCUT2D eigenvalue weighted by Gasteiger charge is -2.22. The number of amides is 1. The van der Waals surface area contributed by atoms with Gasteiger partial charge in [0.05, 0.1) is 0 Å². The molecule has 0 spiro atoms. The van der Waals surface area contributed by atoms with E-state index >= 15 is 0 Å². The van der Waals surface area contributed by atoms with Gasteiger partial charge in [-0.2, -0.15) is 0 Å². The van der Waals surface area contributed by atoms with E-state index in [4.69, 9.17) is 18.9 Å². The highest BCUT2D eigenvalue weighted by Gasteiger charge is 2.34. The van der Waals surface area contributed by atoms with Crippen LogP contribution in [0, 0.1) is 5.92 Å². The minimum Gasteiger partial charge on any atom is -0.486 e. The molecule has 0 radical (unpaired) electrons. The van der Waals surface area contributed by atoms with Gasteiger partial charge in [-0.15, -0.1) is 0 Å². The molecule has 2 heterocycles. The number of nitrogens with one attached hydrogen (secondary N) is 1. The van der Waals surface area contributed by atoms with Crippen molar-refractivity contribution in [3.63, 3.8) is 0 Å². The van der Waals surface area contributed by atoms with E-state index in [1.54, 1.807) is 0 Å². The molecule has 2 aliphatic heterocycles. The minimum absolute atomic E-state index is 0.00321. The van der Waals surface area contributed by atoms with Crippen LogP contribution in [0.1, 0.15) is 30.7 Å². The van der Waals surface area contributed by atoms with Crippen LogP contribution in [0.5, 0.6) is 23.0 Å². The first kappa shape index (κ1) is 17.2. The van der Waals surface area contributed by atoms with Crippen LogP contribution in [0.4, 0.5) is 5.69 Å². The van der Waals surface area contributed by atoms with Crippen LogP contribution in [-0.2, 0) is 4.79 Å². The molecule has 1 aliphatic carbocycles. The van der Waals surface area contributed by atoms with Gasteiger partial charge in [0.25, 0.3) is 0 Å². The first-order valence-electron chi connectivity index (χ1n) is 9.85. The van der Waals surface area contributed by atoms with Crippen LogP contribution in [0.2, 0.25) is 0 Å². The zero-order valence-electron chi connectivity index (χ0n) is 15.6. The summed E-state index contributed by atoms with van der Waals surface area (Å²) in [6.07, 6.45) is 2.77. The number of ether oxygens (including phenoxy) is 4. The van der Waals surface area contributed by atoms with Gasteiger partial charge in [0.15, 0.2) is 23.0 Å². The second-order valence-corrected chi connectivity index (χ2v) is 7.46. The monoisotopic (exact) mass is 381 g/mol. The molecule has 146 valence electrons. The molecule has 5 rings (SSSR count). The lowest BCUT2D eigenvalue weighted by molar-refractivity contribution is -0.116. The van der Waals surface area contributed by atoms with Crippen molar-refractivity contribution in [3.05, 3.63) is 42.0 Å². The minimum atomic E-state index is 0.00321. The van der Waals surface area contributed by atoms with Gasteiger partial charge in [-0.1, -0.05) is 6.07 Å². The van der Waals surface area contributed by atoms with Crippen molar-refractivity contribution in [2.75, 3.05) is 31.7 Å². The first-order chi connectivity index (χ1) is 13.8. The maximum absolute atomic E-state index is 12.7. The van der Waals surface area contributed by atoms with Crippen molar-refractivity contribution in [3.8, 4) is 23.0 Å². The summed E-state index contributed by atoms with van der Waals surface area (Å²) in [4.78, 5) is 12.7. The third-order valence-electron chi connectivity index (χ3n) is 5.42. The van der Waals surface area contributed by atoms with Crippen molar-refractivity contribution in [2.24, 2.45) is 5.92 Å². The van der Waals surface area contributed by atoms with Crippen molar-refractivity contribution in [1.82, 2.24) is 0 Å². The third-order valence-corrected chi connectivity index (χ3v) is 5.42. The normalized spacial score (nSPS) is 18.3. The molecule has 28 heavy (non-hydrogen) atoms. The summed E-state index contributed by atoms with van der Waals surface area (Å²) in [6.45, 7) is 2.22. The summed E-state index contributed by atoms with van der Waals surface area (Å²) in [5.74, 6) is 3.70. The molecule has 3 aliphatic rings. The van der Waals surface area contributed by atoms with Crippen LogP contribution in [0.15, 0.2) is 36.4 Å². The quantitative estimate of drug-likeness (QED) is 0.854. The number of anilines is 1. The maximum atomic E-state index is 12.7. The number of hydrogen-bond acceptors (Lipinski definition) is 5. The molecule has 2 aromatic carbocycles. The molecule has 2 aromatic rings. The highest BCUT2D eigenvalue weighted by atomic mass is 16.6. The number of carbonyl (C=O) groups excluding carboxylic acids is 1. The Hall–Kier alpha value is -2.89. The van der Waals surface area contributed by atoms with E-state index in [9.17, 15) is 4.79 Å². The fraction of sp³-hybridized carbons (Fsp3) is 0.409. The van der Waals surface area contributed by atoms with Crippen molar-refractivity contribution >= 4 is 11.6 Å². The molecule has 1 amide bonds. The summed E-state index contributed by atoms with van der Waals surface area (Å²) in [7, 11) is 0. The molecular formula is C22H23NO5. The largest absolute Gasteiger partial charge is 0.486 e. The molecule has 6 heteroatoms. The van der Waals surface area contributed by atoms with Crippen LogP contribution in [-0.4, -0.2) is 32.3 Å². The van der Waals surface area contributed by atoms with Crippen molar-refractivity contribution < 1.29 is 23.7 Å². The smallest absolute Gasteiger partial charge is 0.224 e. The van der Waals surface area contributed by atoms with E-state index < -0.39 is 0 Å². The summed E-state index contributed by atoms with van der Waals surface area (Å²) >= 11 is 0. The second kappa shape index (κ2) is 7.26. The average Bonchev–Trinajstić information content (AvgIpc) is 3.57. The van der Waals surface area contributed by atoms with Gasteiger partial charge in [-0.3, -0.25) is 4.79 Å². The Morgan fingerprint density at radius 3 is 2.14 bits per heavy atom. The highest BCUT2D eigenvalue weighted by Crippen LogP contribution is 2.46. The Labute approximate surface area is 163 Å². The van der Waals surface area contributed by atoms with E-state index in [1.165, 1.54) is 0 Å². The van der Waals surface area contributed by atoms with E-state index in [0.29, 0.717) is 44.5 Å². The lowest BCUT2D eigenvalue weighted by atomic mass is 9.90. The molecule has 1 unspecified atom stereocenters. The third kappa shape index (κ3) is 3.59. The average molecular weight is 381 g/mol. The standard InChI is InChI=1S/C22H23NO5/c24-22(23-16-4-6-19-21(12-16)28-10-8-26-19)13-17(14-1-2-14)15-3-5-18-20(11-15)27-9-7-25-18/h3-6,11-12,14,17H,1-2,7-10,13H2,(H,23,24). The maximum Gasteiger partial charge on any atom is 0.224 e. The van der Waals surface area contributed by atoms with Crippen LogP contribution in [0.25, 0.3) is 0 Å². The molecule has 6 nitrogen and oxygen atoms in total. The number of fused-ring (bicyclic) bond motifs is 2. The topological polar surface area (TPSA) is 66.0 Å². The predicted molar refractivity (Wildman–Crippen MR) is 104 cm³/mol. The molecule has 1 saturated carbocycles. The second-order valence-electron chi connectivity index (χ2n) is 7.46. The fourth-order valence-corrected chi connectivity index (χ4v) is 3.88. The van der Waals surface area contributed by atoms with Crippen LogP contribution < -0.4 is 24.3 Å². The fourth-order valence-electron chi connectivity index (χ4n) is 3.88. The van der Waals surface area contributed by atoms with Crippen LogP contribution in [0.3, 0.4) is 0 Å². The van der Waals surface area contributed by atoms with E-state index in [-0.39, 0.29) is 11.8 Å². The zero-order chi connectivity index (χ0) is 18.9. The Kier molecular flexibility index (Phi) is 4.47. The van der Waals surface area contributed by atoms with E-state index in [2.05, 4.69) is 11.4 Å². The number of benzene rings is 2. The Balaban J connectivity index is 1.30. The Morgan fingerprint density at radius 1 is 0.857 bits per heavy atom. The van der Waals surface area contributed by atoms with Gasteiger partial charge in [0.2, 0.25) is 5.91 Å². The van der Waals surface area contributed by atoms with Crippen molar-refractivity contribution in [1.29, 1.82) is 0 Å². The molecule has 1 fully saturated rings. The van der Waals surface area contributed by atoms with Gasteiger partial charge >= 0.3 is 0 Å². The van der Waals surface area contributed by atoms with E-state index in [0.717, 1.165) is 41.3 Å². The van der Waals surface area contributed by atoms with Gasteiger partial charge in [-0.05, 0) is 54.5 Å². The molecule has 0 bridgehead atoms. The Morgan fingerprint density at radius 2 is 1.46 bits per heavy atom. The number of rotatable bonds is 5.